The van der Waals surface area contributed by atoms with Crippen LogP contribution >= 0.6 is 11.8 Å². The summed E-state index contributed by atoms with van der Waals surface area (Å²) < 4.78 is 5.70. The highest BCUT2D eigenvalue weighted by Crippen LogP contribution is 2.16. The molecule has 1 atom stereocenters. The largest absolute Gasteiger partial charge is 0.494 e. The van der Waals surface area contributed by atoms with Crippen LogP contribution in [-0.2, 0) is 0 Å². The van der Waals surface area contributed by atoms with Crippen molar-refractivity contribution in [3.63, 3.8) is 0 Å². The number of rotatable bonds is 5. The van der Waals surface area contributed by atoms with Crippen molar-refractivity contribution in [3.05, 3.63) is 24.3 Å². The molecule has 1 aliphatic rings. The van der Waals surface area contributed by atoms with Crippen molar-refractivity contribution < 1.29 is 4.74 Å². The zero-order valence-corrected chi connectivity index (χ0v) is 11.8. The Balaban J connectivity index is 1.65. The smallest absolute Gasteiger partial charge is 0.119 e. The normalized spacial score (nSPS) is 20.8. The molecule has 0 amide bonds. The van der Waals surface area contributed by atoms with Gasteiger partial charge in [-0.1, -0.05) is 0 Å². The summed E-state index contributed by atoms with van der Waals surface area (Å²) in [5.74, 6) is 3.44. The zero-order chi connectivity index (χ0) is 12.8. The van der Waals surface area contributed by atoms with E-state index in [1.165, 1.54) is 18.1 Å². The summed E-state index contributed by atoms with van der Waals surface area (Å²) in [6.45, 7) is 5.44. The lowest BCUT2D eigenvalue weighted by Gasteiger charge is -2.32. The summed E-state index contributed by atoms with van der Waals surface area (Å²) in [6.07, 6.45) is 1.08. The maximum absolute atomic E-state index is 5.70. The van der Waals surface area contributed by atoms with E-state index >= 15 is 0 Å². The van der Waals surface area contributed by atoms with Gasteiger partial charge in [-0.3, -0.25) is 4.90 Å². The molecule has 0 saturated carbocycles. The van der Waals surface area contributed by atoms with E-state index in [0.717, 1.165) is 31.0 Å². The maximum Gasteiger partial charge on any atom is 0.119 e. The molecule has 1 saturated heterocycles. The van der Waals surface area contributed by atoms with Crippen molar-refractivity contribution in [3.8, 4) is 5.75 Å². The number of benzene rings is 1. The van der Waals surface area contributed by atoms with E-state index < -0.39 is 0 Å². The van der Waals surface area contributed by atoms with E-state index in [0.29, 0.717) is 6.04 Å². The molecule has 0 aliphatic carbocycles. The molecule has 4 heteroatoms. The Kier molecular flexibility index (Phi) is 5.20. The minimum Gasteiger partial charge on any atom is -0.494 e. The van der Waals surface area contributed by atoms with Gasteiger partial charge < -0.3 is 10.5 Å². The van der Waals surface area contributed by atoms with Crippen molar-refractivity contribution in [1.82, 2.24) is 4.90 Å². The third-order valence-corrected chi connectivity index (χ3v) is 4.43. The molecule has 0 aromatic heterocycles. The highest BCUT2D eigenvalue weighted by molar-refractivity contribution is 7.99. The molecule has 1 aliphatic heterocycles. The first-order chi connectivity index (χ1) is 8.75. The number of nitrogen functional groups attached to an aromatic ring is 1. The lowest BCUT2D eigenvalue weighted by molar-refractivity contribution is 0.206. The summed E-state index contributed by atoms with van der Waals surface area (Å²) in [4.78, 5) is 2.56. The molecule has 1 fully saturated rings. The highest BCUT2D eigenvalue weighted by Gasteiger charge is 2.17. The van der Waals surface area contributed by atoms with Crippen molar-refractivity contribution in [2.24, 2.45) is 0 Å². The molecule has 1 aromatic carbocycles. The molecule has 2 N–H and O–H groups in total. The molecule has 0 bridgehead atoms. The second-order valence-corrected chi connectivity index (χ2v) is 5.88. The van der Waals surface area contributed by atoms with Crippen molar-refractivity contribution >= 4 is 17.4 Å². The Morgan fingerprint density at radius 2 is 2.17 bits per heavy atom. The van der Waals surface area contributed by atoms with E-state index in [1.54, 1.807) is 0 Å². The van der Waals surface area contributed by atoms with E-state index in [4.69, 9.17) is 10.5 Å². The molecule has 3 nitrogen and oxygen atoms in total. The van der Waals surface area contributed by atoms with Crippen LogP contribution in [0.25, 0.3) is 0 Å². The van der Waals surface area contributed by atoms with E-state index in [1.807, 2.05) is 24.3 Å². The second kappa shape index (κ2) is 6.90. The first-order valence-electron chi connectivity index (χ1n) is 6.56. The van der Waals surface area contributed by atoms with Gasteiger partial charge in [-0.15, -0.1) is 0 Å². The van der Waals surface area contributed by atoms with Crippen LogP contribution in [0.4, 0.5) is 5.69 Å². The number of thioether (sulfide) groups is 1. The Bertz CT molecular complexity index is 355. The SMILES string of the molecule is CC1CSCCN1CCCOc1ccc(N)cc1. The zero-order valence-electron chi connectivity index (χ0n) is 11.0. The Morgan fingerprint density at radius 3 is 2.89 bits per heavy atom. The fourth-order valence-electron chi connectivity index (χ4n) is 2.12. The molecule has 0 spiro atoms. The molecule has 1 heterocycles. The van der Waals surface area contributed by atoms with Crippen LogP contribution in [0.15, 0.2) is 24.3 Å². The molecular formula is C14H22N2OS. The molecule has 2 rings (SSSR count). The number of nitrogens with zero attached hydrogens (tertiary/aromatic N) is 1. The van der Waals surface area contributed by atoms with E-state index in [2.05, 4.69) is 23.6 Å². The van der Waals surface area contributed by atoms with Gasteiger partial charge in [0, 0.05) is 36.3 Å². The summed E-state index contributed by atoms with van der Waals surface area (Å²) in [6, 6.07) is 8.31. The predicted molar refractivity (Wildman–Crippen MR) is 79.3 cm³/mol. The Labute approximate surface area is 114 Å². The molecule has 0 radical (unpaired) electrons. The van der Waals surface area contributed by atoms with E-state index in [9.17, 15) is 0 Å². The molecule has 18 heavy (non-hydrogen) atoms. The number of hydrogen-bond acceptors (Lipinski definition) is 4. The van der Waals surface area contributed by atoms with Crippen molar-refractivity contribution in [1.29, 1.82) is 0 Å². The first-order valence-corrected chi connectivity index (χ1v) is 7.71. The summed E-state index contributed by atoms with van der Waals surface area (Å²) in [7, 11) is 0. The van der Waals surface area contributed by atoms with E-state index in [-0.39, 0.29) is 0 Å². The molecule has 100 valence electrons. The molecular weight excluding hydrogens is 244 g/mol. The third-order valence-electron chi connectivity index (χ3n) is 3.24. The lowest BCUT2D eigenvalue weighted by Crippen LogP contribution is -2.41. The van der Waals surface area contributed by atoms with Gasteiger partial charge >= 0.3 is 0 Å². The summed E-state index contributed by atoms with van der Waals surface area (Å²) in [5.41, 5.74) is 6.41. The lowest BCUT2D eigenvalue weighted by atomic mass is 10.3. The fraction of sp³-hybridized carbons (Fsp3) is 0.571. The number of ether oxygens (including phenoxy) is 1. The van der Waals surface area contributed by atoms with Crippen LogP contribution in [0.1, 0.15) is 13.3 Å². The Hall–Kier alpha value is -0.870. The van der Waals surface area contributed by atoms with Crippen LogP contribution < -0.4 is 10.5 Å². The quantitative estimate of drug-likeness (QED) is 0.656. The van der Waals surface area contributed by atoms with Crippen molar-refractivity contribution in [2.45, 2.75) is 19.4 Å². The highest BCUT2D eigenvalue weighted by atomic mass is 32.2. The van der Waals surface area contributed by atoms with Crippen LogP contribution in [0.2, 0.25) is 0 Å². The van der Waals surface area contributed by atoms with Gasteiger partial charge in [0.15, 0.2) is 0 Å². The second-order valence-electron chi connectivity index (χ2n) is 4.73. The number of nitrogens with two attached hydrogens (primary N) is 1. The van der Waals surface area contributed by atoms with Gasteiger partial charge in [0.05, 0.1) is 6.61 Å². The maximum atomic E-state index is 5.70. The molecule has 1 unspecified atom stereocenters. The first kappa shape index (κ1) is 13.6. The standard InChI is InChI=1S/C14H22N2OS/c1-12-11-18-10-8-16(12)7-2-9-17-14-5-3-13(15)4-6-14/h3-6,12H,2,7-11,15H2,1H3. The van der Waals surface area contributed by atoms with Crippen LogP contribution in [-0.4, -0.2) is 42.1 Å². The van der Waals surface area contributed by atoms with Gasteiger partial charge in [0.1, 0.15) is 5.75 Å². The van der Waals surface area contributed by atoms with Crippen molar-refractivity contribution in [2.75, 3.05) is 36.9 Å². The number of anilines is 1. The number of hydrogen-bond donors (Lipinski definition) is 1. The van der Waals surface area contributed by atoms with Gasteiger partial charge in [-0.2, -0.15) is 11.8 Å². The van der Waals surface area contributed by atoms with Crippen LogP contribution in [0, 0.1) is 0 Å². The summed E-state index contributed by atoms with van der Waals surface area (Å²) in [5, 5.41) is 0. The average molecular weight is 266 g/mol. The van der Waals surface area contributed by atoms with Gasteiger partial charge in [0.2, 0.25) is 0 Å². The molecule has 1 aromatic rings. The predicted octanol–water partition coefficient (Wildman–Crippen LogP) is 2.48. The monoisotopic (exact) mass is 266 g/mol. The average Bonchev–Trinajstić information content (AvgIpc) is 2.39. The van der Waals surface area contributed by atoms with Gasteiger partial charge in [0.25, 0.3) is 0 Å². The minimum atomic E-state index is 0.709. The summed E-state index contributed by atoms with van der Waals surface area (Å²) >= 11 is 2.06. The third kappa shape index (κ3) is 4.10. The minimum absolute atomic E-state index is 0.709. The fourth-order valence-corrected chi connectivity index (χ4v) is 3.20. The van der Waals surface area contributed by atoms with Gasteiger partial charge in [-0.05, 0) is 37.6 Å². The Morgan fingerprint density at radius 1 is 1.39 bits per heavy atom. The van der Waals surface area contributed by atoms with Crippen LogP contribution in [0.5, 0.6) is 5.75 Å². The van der Waals surface area contributed by atoms with Gasteiger partial charge in [-0.25, -0.2) is 0 Å². The van der Waals surface area contributed by atoms with Crippen LogP contribution in [0.3, 0.4) is 0 Å². The topological polar surface area (TPSA) is 38.5 Å².